The lowest BCUT2D eigenvalue weighted by Gasteiger charge is -2.13. The van der Waals surface area contributed by atoms with Crippen LogP contribution in [-0.2, 0) is 0 Å². The highest BCUT2D eigenvalue weighted by molar-refractivity contribution is 6.14. The van der Waals surface area contributed by atoms with Gasteiger partial charge in [-0.2, -0.15) is 0 Å². The Balaban J connectivity index is 0.716. The largest absolute Gasteiger partial charge is 0.309 e. The van der Waals surface area contributed by atoms with Crippen LogP contribution >= 0.6 is 0 Å². The molecule has 0 fully saturated rings. The number of fused-ring (bicyclic) bond motifs is 12. The highest BCUT2D eigenvalue weighted by atomic mass is 15.2. The molecule has 0 radical (unpaired) electrons. The molecule has 0 spiro atoms. The summed E-state index contributed by atoms with van der Waals surface area (Å²) in [6, 6.07) is 106. The molecule has 8 heteroatoms. The Morgan fingerprint density at radius 2 is 0.674 bits per heavy atom. The van der Waals surface area contributed by atoms with Crippen molar-refractivity contribution in [3.8, 4) is 79.3 Å². The Morgan fingerprint density at radius 3 is 1.21 bits per heavy atom. The third-order valence-corrected chi connectivity index (χ3v) is 18.7. The van der Waals surface area contributed by atoms with Crippen LogP contribution in [0.1, 0.15) is 12.6 Å². The first-order valence-corrected chi connectivity index (χ1v) is 32.1. The maximum absolute atomic E-state index is 5.51. The van der Waals surface area contributed by atoms with E-state index in [4.69, 9.17) is 19.9 Å². The number of aromatic nitrogens is 8. The van der Waals surface area contributed by atoms with Crippen molar-refractivity contribution in [1.29, 1.82) is 0 Å². The maximum atomic E-state index is 5.51. The van der Waals surface area contributed by atoms with Crippen molar-refractivity contribution >= 4 is 92.8 Å². The lowest BCUT2D eigenvalue weighted by atomic mass is 9.99. The van der Waals surface area contributed by atoms with Crippen LogP contribution in [0.25, 0.3) is 172 Å². The second-order valence-corrected chi connectivity index (χ2v) is 24.3. The van der Waals surface area contributed by atoms with Crippen molar-refractivity contribution in [3.05, 3.63) is 334 Å². The molecule has 6 aromatic heterocycles. The summed E-state index contributed by atoms with van der Waals surface area (Å²) in [4.78, 5) is 21.2. The summed E-state index contributed by atoms with van der Waals surface area (Å²) < 4.78 is 9.40. The van der Waals surface area contributed by atoms with Gasteiger partial charge in [0.05, 0.1) is 66.9 Å². The predicted octanol–water partition coefficient (Wildman–Crippen LogP) is 22.1. The summed E-state index contributed by atoms with van der Waals surface area (Å²) in [6.07, 6.45) is 7.83. The van der Waals surface area contributed by atoms with Gasteiger partial charge in [-0.3, -0.25) is 4.57 Å². The number of hydrogen-bond donors (Lipinski definition) is 0. The Hall–Kier alpha value is -12.8. The van der Waals surface area contributed by atoms with E-state index in [0.717, 1.165) is 123 Å². The van der Waals surface area contributed by atoms with Crippen molar-refractivity contribution in [3.63, 3.8) is 0 Å². The zero-order chi connectivity index (χ0) is 63.1. The zero-order valence-corrected chi connectivity index (χ0v) is 51.9. The third-order valence-electron chi connectivity index (χ3n) is 18.7. The summed E-state index contributed by atoms with van der Waals surface area (Å²) in [5, 5.41) is 9.43. The number of hydrogen-bond acceptors (Lipinski definition) is 4. The van der Waals surface area contributed by atoms with Gasteiger partial charge in [0.2, 0.25) is 5.95 Å². The van der Waals surface area contributed by atoms with E-state index < -0.39 is 0 Å². The van der Waals surface area contributed by atoms with Gasteiger partial charge in [-0.25, -0.2) is 19.9 Å². The Kier molecular flexibility index (Phi) is 13.1. The quantitative estimate of drug-likeness (QED) is 0.114. The molecule has 0 N–H and O–H groups in total. The van der Waals surface area contributed by atoms with Crippen molar-refractivity contribution in [2.75, 3.05) is 0 Å². The molecule has 0 aliphatic rings. The van der Waals surface area contributed by atoms with E-state index in [2.05, 4.69) is 323 Å². The van der Waals surface area contributed by atoms with E-state index in [-0.39, 0.29) is 0 Å². The Morgan fingerprint density at radius 1 is 0.284 bits per heavy atom. The number of benzene rings is 12. The first kappa shape index (κ1) is 55.1. The van der Waals surface area contributed by atoms with Gasteiger partial charge >= 0.3 is 0 Å². The normalized spacial score (nSPS) is 12.1. The van der Waals surface area contributed by atoms with E-state index in [1.807, 2.05) is 24.3 Å². The van der Waals surface area contributed by atoms with Crippen LogP contribution in [0.2, 0.25) is 0 Å². The molecule has 0 unspecified atom stereocenters. The minimum atomic E-state index is 0.597. The zero-order valence-electron chi connectivity index (χ0n) is 51.9. The minimum Gasteiger partial charge on any atom is -0.309 e. The van der Waals surface area contributed by atoms with Gasteiger partial charge in [0.25, 0.3) is 0 Å². The van der Waals surface area contributed by atoms with Gasteiger partial charge in [-0.15, -0.1) is 0 Å². The van der Waals surface area contributed by atoms with E-state index in [1.165, 1.54) is 43.4 Å². The summed E-state index contributed by atoms with van der Waals surface area (Å²) >= 11 is 0. The second-order valence-electron chi connectivity index (χ2n) is 24.3. The van der Waals surface area contributed by atoms with Gasteiger partial charge in [-0.1, -0.05) is 207 Å². The van der Waals surface area contributed by atoms with Crippen LogP contribution < -0.4 is 0 Å². The van der Waals surface area contributed by atoms with Gasteiger partial charge in [0.15, 0.2) is 5.82 Å². The van der Waals surface area contributed by atoms with Gasteiger partial charge in [0.1, 0.15) is 0 Å². The first-order valence-electron chi connectivity index (χ1n) is 32.1. The highest BCUT2D eigenvalue weighted by Gasteiger charge is 2.22. The topological polar surface area (TPSA) is 71.3 Å². The highest BCUT2D eigenvalue weighted by Crippen LogP contribution is 2.42. The van der Waals surface area contributed by atoms with E-state index >= 15 is 0 Å². The lowest BCUT2D eigenvalue weighted by molar-refractivity contribution is 0.981. The third kappa shape index (κ3) is 9.29. The summed E-state index contributed by atoms with van der Waals surface area (Å²) in [6.45, 7) is 6.03. The summed E-state index contributed by atoms with van der Waals surface area (Å²) in [5.41, 5.74) is 22.8. The van der Waals surface area contributed by atoms with E-state index in [0.29, 0.717) is 11.8 Å². The monoisotopic (exact) mass is 1210 g/mol. The molecule has 18 rings (SSSR count). The first-order chi connectivity index (χ1) is 47.0. The van der Waals surface area contributed by atoms with Crippen LogP contribution in [0, 0.1) is 0 Å². The molecule has 0 aliphatic carbocycles. The van der Waals surface area contributed by atoms with E-state index in [9.17, 15) is 0 Å². The molecule has 0 saturated heterocycles. The van der Waals surface area contributed by atoms with Gasteiger partial charge in [-0.05, 0) is 145 Å². The molecular formula is C87H58N8. The van der Waals surface area contributed by atoms with E-state index in [1.54, 1.807) is 6.08 Å². The standard InChI is InChI=1S/C87H58N8/c1-3-4-7-23-56(2)74-54-77(91-87(90-74)95-82-39-21-16-34-70(82)73-53-64(46-49-85(73)95)93-78-35-17-12-30-66(78)67-31-13-18-36-79(67)93)62-29-22-28-60(50-62)61-42-47-83-71(51-61)68-32-14-20-38-81(68)94(83)65-45-48-84-72(52-65)69-33-15-19-37-80(69)92(84)63-43-40-59(41-44-63)86-88-75(57-24-8-5-9-25-57)55-76(89-86)58-26-10-6-11-27-58/h3-55H,1H2,2H3/b7-4-,56-23+. The fourth-order valence-electron chi connectivity index (χ4n) is 14.3. The summed E-state index contributed by atoms with van der Waals surface area (Å²) in [5.74, 6) is 1.28. The van der Waals surface area contributed by atoms with Crippen molar-refractivity contribution in [1.82, 2.24) is 38.2 Å². The minimum absolute atomic E-state index is 0.597. The van der Waals surface area contributed by atoms with Crippen molar-refractivity contribution in [2.24, 2.45) is 0 Å². The summed E-state index contributed by atoms with van der Waals surface area (Å²) in [7, 11) is 0. The maximum Gasteiger partial charge on any atom is 0.235 e. The average Bonchev–Trinajstić information content (AvgIpc) is 1.59. The lowest BCUT2D eigenvalue weighted by Crippen LogP contribution is -2.05. The van der Waals surface area contributed by atoms with Crippen LogP contribution in [0.15, 0.2) is 328 Å². The molecule has 6 heterocycles. The molecule has 0 aliphatic heterocycles. The molecule has 8 nitrogen and oxygen atoms in total. The van der Waals surface area contributed by atoms with Crippen molar-refractivity contribution in [2.45, 2.75) is 6.92 Å². The SMILES string of the molecule is C=C/C=C\C=C(/C)c1cc(-c2cccc(-c3ccc4c(c3)c3ccccc3n4-c3ccc4c(c3)c3ccccc3n4-c3ccc(-c4nc(-c5ccccc5)cc(-c5ccccc5)n4)cc3)c2)nc(-n2c3ccccc3c3cc(-n4c5ccccc5c5ccccc54)ccc32)n1. The molecule has 0 bridgehead atoms. The number of allylic oxidation sites excluding steroid dienone is 5. The molecule has 18 aromatic rings. The van der Waals surface area contributed by atoms with Crippen LogP contribution in [-0.4, -0.2) is 38.2 Å². The molecule has 12 aromatic carbocycles. The van der Waals surface area contributed by atoms with Crippen LogP contribution in [0.5, 0.6) is 0 Å². The number of para-hydroxylation sites is 5. The molecule has 446 valence electrons. The van der Waals surface area contributed by atoms with Gasteiger partial charge < -0.3 is 13.7 Å². The number of nitrogens with zero attached hydrogens (tertiary/aromatic N) is 8. The predicted molar refractivity (Wildman–Crippen MR) is 395 cm³/mol. The van der Waals surface area contributed by atoms with Gasteiger partial charge in [0, 0.05) is 82.4 Å². The second kappa shape index (κ2) is 22.6. The number of rotatable bonds is 12. The molecule has 95 heavy (non-hydrogen) atoms. The van der Waals surface area contributed by atoms with Crippen LogP contribution in [0.3, 0.4) is 0 Å². The fraction of sp³-hybridized carbons (Fsp3) is 0.0115. The van der Waals surface area contributed by atoms with Crippen LogP contribution in [0.4, 0.5) is 0 Å². The average molecular weight is 1220 g/mol. The molecule has 0 amide bonds. The molecule has 0 atom stereocenters. The smallest absolute Gasteiger partial charge is 0.235 e. The van der Waals surface area contributed by atoms with Crippen molar-refractivity contribution < 1.29 is 0 Å². The Bertz CT molecular complexity index is 6070. The molecular weight excluding hydrogens is 1160 g/mol. The Labute approximate surface area is 547 Å². The molecule has 0 saturated carbocycles. The fourth-order valence-corrected chi connectivity index (χ4v) is 14.3.